The summed E-state index contributed by atoms with van der Waals surface area (Å²) in [7, 11) is 13.2. The molecule has 0 amide bonds. The maximum atomic E-state index is 6.77. The van der Waals surface area contributed by atoms with Crippen LogP contribution in [0.3, 0.4) is 0 Å². The van der Waals surface area contributed by atoms with Crippen molar-refractivity contribution < 1.29 is 19.5 Å². The second-order valence-electron chi connectivity index (χ2n) is 8.94. The number of benzene rings is 5. The maximum absolute atomic E-state index is 6.77. The summed E-state index contributed by atoms with van der Waals surface area (Å²) in [5, 5.41) is 0. The molecule has 5 aromatic rings. The van der Waals surface area contributed by atoms with Gasteiger partial charge in [0, 0.05) is 0 Å². The van der Waals surface area contributed by atoms with E-state index in [-0.39, 0.29) is 5.92 Å². The molecule has 0 atom stereocenters. The zero-order valence-corrected chi connectivity index (χ0v) is 22.5. The van der Waals surface area contributed by atoms with E-state index in [1.807, 2.05) is 36.4 Å². The van der Waals surface area contributed by atoms with E-state index in [1.54, 1.807) is 0 Å². The quantitative estimate of drug-likeness (QED) is 0.151. The van der Waals surface area contributed by atoms with Gasteiger partial charge in [-0.15, -0.1) is 0 Å². The monoisotopic (exact) mass is 541 g/mol. The van der Waals surface area contributed by atoms with Crippen LogP contribution < -0.4 is 0 Å². The van der Waals surface area contributed by atoms with Crippen molar-refractivity contribution in [3.63, 3.8) is 0 Å². The number of hydrogen-bond acceptors (Lipinski definition) is 1. The van der Waals surface area contributed by atoms with Gasteiger partial charge in [-0.1, -0.05) is 0 Å². The summed E-state index contributed by atoms with van der Waals surface area (Å²) in [5.41, 5.74) is 8.49. The molecule has 0 spiro atoms. The minimum atomic E-state index is -2.85. The van der Waals surface area contributed by atoms with Crippen LogP contribution in [0.2, 0.25) is 0 Å². The molecule has 36 heavy (non-hydrogen) atoms. The number of fused-ring (bicyclic) bond motifs is 3. The Labute approximate surface area is 226 Å². The molecule has 6 rings (SSSR count). The molecule has 1 nitrogen and oxygen atoms in total. The van der Waals surface area contributed by atoms with Gasteiger partial charge in [-0.05, 0) is 0 Å². The van der Waals surface area contributed by atoms with Crippen molar-refractivity contribution in [2.75, 3.05) is 0 Å². The van der Waals surface area contributed by atoms with E-state index in [2.05, 4.69) is 97.1 Å². The van der Waals surface area contributed by atoms with Crippen molar-refractivity contribution >= 4 is 18.6 Å². The van der Waals surface area contributed by atoms with E-state index in [4.69, 9.17) is 21.9 Å². The first kappa shape index (κ1) is 23.7. The van der Waals surface area contributed by atoms with Crippen molar-refractivity contribution in [1.29, 1.82) is 0 Å². The SMILES string of the molecule is [Cl][Ti]([Cl])[O]C(c1ccccc1)(c1ccccc1)c1ccccc1C1c2ccccc2-c2ccccc21. The van der Waals surface area contributed by atoms with Crippen LogP contribution in [0.15, 0.2) is 133 Å². The number of halogens is 2. The Balaban J connectivity index is 1.68. The van der Waals surface area contributed by atoms with Crippen molar-refractivity contribution in [3.8, 4) is 11.1 Å². The summed E-state index contributed by atoms with van der Waals surface area (Å²) < 4.78 is 6.77. The summed E-state index contributed by atoms with van der Waals surface area (Å²) in [6.07, 6.45) is 0. The molecule has 175 valence electrons. The molecular formula is C32H23Cl2OTi. The van der Waals surface area contributed by atoms with E-state index in [0.29, 0.717) is 0 Å². The third-order valence-corrected chi connectivity index (χ3v) is 8.43. The average molecular weight is 542 g/mol. The van der Waals surface area contributed by atoms with Crippen molar-refractivity contribution in [1.82, 2.24) is 0 Å². The molecule has 5 aromatic carbocycles. The summed E-state index contributed by atoms with van der Waals surface area (Å²) in [6.45, 7) is 0. The molecule has 0 N–H and O–H groups in total. The number of hydrogen-bond donors (Lipinski definition) is 0. The van der Waals surface area contributed by atoms with Gasteiger partial charge in [0.2, 0.25) is 0 Å². The normalized spacial score (nSPS) is 12.7. The van der Waals surface area contributed by atoms with E-state index in [0.717, 1.165) is 16.7 Å². The third-order valence-electron chi connectivity index (χ3n) is 7.08. The van der Waals surface area contributed by atoms with Gasteiger partial charge in [-0.2, -0.15) is 0 Å². The predicted molar refractivity (Wildman–Crippen MR) is 145 cm³/mol. The Hall–Kier alpha value is -2.65. The second kappa shape index (κ2) is 10.0. The van der Waals surface area contributed by atoms with Gasteiger partial charge in [0.15, 0.2) is 0 Å². The Morgan fingerprint density at radius 3 is 1.42 bits per heavy atom. The molecule has 1 aliphatic rings. The van der Waals surface area contributed by atoms with Crippen molar-refractivity contribution in [2.45, 2.75) is 11.5 Å². The predicted octanol–water partition coefficient (Wildman–Crippen LogP) is 9.00. The van der Waals surface area contributed by atoms with Gasteiger partial charge in [-0.3, -0.25) is 0 Å². The Morgan fingerprint density at radius 2 is 0.917 bits per heavy atom. The first-order valence-electron chi connectivity index (χ1n) is 12.0. The van der Waals surface area contributed by atoms with Gasteiger partial charge < -0.3 is 0 Å². The van der Waals surface area contributed by atoms with E-state index >= 15 is 0 Å². The fraction of sp³-hybridized carbons (Fsp3) is 0.0625. The van der Waals surface area contributed by atoms with Crippen molar-refractivity contribution in [3.05, 3.63) is 167 Å². The van der Waals surface area contributed by atoms with Crippen LogP contribution >= 0.6 is 18.6 Å². The van der Waals surface area contributed by atoms with Crippen LogP contribution in [0.4, 0.5) is 0 Å². The van der Waals surface area contributed by atoms with Gasteiger partial charge in [0.25, 0.3) is 0 Å². The summed E-state index contributed by atoms with van der Waals surface area (Å²) in [5.74, 6) is 0.0677. The molecule has 0 unspecified atom stereocenters. The molecule has 0 saturated carbocycles. The van der Waals surface area contributed by atoms with E-state index < -0.39 is 21.7 Å². The first-order valence-corrected chi connectivity index (χ1v) is 16.9. The minimum absolute atomic E-state index is 0.0677. The average Bonchev–Trinajstić information content (AvgIpc) is 3.27. The van der Waals surface area contributed by atoms with Crippen LogP contribution in [-0.4, -0.2) is 0 Å². The summed E-state index contributed by atoms with van der Waals surface area (Å²) >= 11 is -2.85. The van der Waals surface area contributed by atoms with Crippen molar-refractivity contribution in [2.24, 2.45) is 0 Å². The zero-order chi connectivity index (χ0) is 24.5. The van der Waals surface area contributed by atoms with Crippen LogP contribution in [0.1, 0.15) is 39.3 Å². The summed E-state index contributed by atoms with van der Waals surface area (Å²) in [6, 6.07) is 46.6. The van der Waals surface area contributed by atoms with Crippen LogP contribution in [0.25, 0.3) is 11.1 Å². The van der Waals surface area contributed by atoms with Gasteiger partial charge in [0.05, 0.1) is 0 Å². The molecule has 1 aliphatic carbocycles. The van der Waals surface area contributed by atoms with Crippen LogP contribution in [0.5, 0.6) is 0 Å². The Kier molecular flexibility index (Phi) is 6.60. The summed E-state index contributed by atoms with van der Waals surface area (Å²) in [4.78, 5) is 0. The molecule has 0 radical (unpaired) electrons. The molecule has 0 bridgehead atoms. The standard InChI is InChI=1S/C32H23O.2ClH.Ti/c33-32(23-13-3-1-4-14-23,24-15-5-2-6-16-24)30-22-12-11-21-29(30)31-27-19-9-7-17-25(27)26-18-8-10-20-28(26)31;;;/h1-22,31H;2*1H;/q-1;;;+3/p-2. The third kappa shape index (κ3) is 3.97. The topological polar surface area (TPSA) is 9.23 Å². The van der Waals surface area contributed by atoms with Crippen LogP contribution in [0, 0.1) is 0 Å². The second-order valence-corrected chi connectivity index (χ2v) is 13.6. The first-order chi connectivity index (χ1) is 17.7. The van der Waals surface area contributed by atoms with E-state index in [9.17, 15) is 0 Å². The molecule has 0 aliphatic heterocycles. The fourth-order valence-electron chi connectivity index (χ4n) is 5.67. The molecule has 0 fully saturated rings. The van der Waals surface area contributed by atoms with Gasteiger partial charge >= 0.3 is 228 Å². The molecular weight excluding hydrogens is 519 g/mol. The van der Waals surface area contributed by atoms with E-state index in [1.165, 1.54) is 27.8 Å². The molecule has 0 heterocycles. The molecule has 0 aromatic heterocycles. The number of rotatable bonds is 6. The Bertz CT molecular complexity index is 1420. The molecule has 4 heteroatoms. The van der Waals surface area contributed by atoms with Gasteiger partial charge in [-0.25, -0.2) is 0 Å². The molecule has 0 saturated heterocycles. The zero-order valence-electron chi connectivity index (χ0n) is 19.4. The fourth-order valence-corrected chi connectivity index (χ4v) is 7.53. The Morgan fingerprint density at radius 1 is 0.500 bits per heavy atom. The van der Waals surface area contributed by atoms with Gasteiger partial charge in [0.1, 0.15) is 0 Å². The van der Waals surface area contributed by atoms with Crippen LogP contribution in [-0.2, 0) is 25.1 Å².